The Bertz CT molecular complexity index is 605. The second-order valence-electron chi connectivity index (χ2n) is 4.58. The van der Waals surface area contributed by atoms with Gasteiger partial charge < -0.3 is 10.5 Å². The summed E-state index contributed by atoms with van der Waals surface area (Å²) in [6.07, 6.45) is 0. The van der Waals surface area contributed by atoms with Gasteiger partial charge in [0.25, 0.3) is 5.91 Å². The van der Waals surface area contributed by atoms with Crippen LogP contribution >= 0.6 is 0 Å². The SMILES string of the molecule is Cc1ccc(C(N)=O)c(OCc2ccccc2C)c1. The van der Waals surface area contributed by atoms with Gasteiger partial charge >= 0.3 is 0 Å². The molecule has 2 aromatic carbocycles. The van der Waals surface area contributed by atoms with Crippen LogP contribution in [0.15, 0.2) is 42.5 Å². The van der Waals surface area contributed by atoms with Gasteiger partial charge in [-0.15, -0.1) is 0 Å². The maximum Gasteiger partial charge on any atom is 0.252 e. The summed E-state index contributed by atoms with van der Waals surface area (Å²) in [5.74, 6) is 0.0653. The number of amides is 1. The van der Waals surface area contributed by atoms with E-state index in [1.807, 2.05) is 50.2 Å². The van der Waals surface area contributed by atoms with E-state index in [0.717, 1.165) is 16.7 Å². The topological polar surface area (TPSA) is 52.3 Å². The first-order valence-electron chi connectivity index (χ1n) is 6.15. The van der Waals surface area contributed by atoms with E-state index in [2.05, 4.69) is 0 Å². The zero-order chi connectivity index (χ0) is 13.8. The Kier molecular flexibility index (Phi) is 3.85. The number of benzene rings is 2. The number of carbonyl (C=O) groups excluding carboxylic acids is 1. The van der Waals surface area contributed by atoms with Crippen molar-refractivity contribution in [2.24, 2.45) is 5.73 Å². The van der Waals surface area contributed by atoms with E-state index in [0.29, 0.717) is 17.9 Å². The molecule has 0 bridgehead atoms. The Labute approximate surface area is 113 Å². The monoisotopic (exact) mass is 255 g/mol. The van der Waals surface area contributed by atoms with Crippen molar-refractivity contribution in [2.75, 3.05) is 0 Å². The molecule has 0 fully saturated rings. The summed E-state index contributed by atoms with van der Waals surface area (Å²) in [5.41, 5.74) is 9.05. The molecule has 2 rings (SSSR count). The van der Waals surface area contributed by atoms with Crippen LogP contribution in [0.1, 0.15) is 27.0 Å². The molecule has 0 spiro atoms. The summed E-state index contributed by atoms with van der Waals surface area (Å²) in [6.45, 7) is 4.41. The van der Waals surface area contributed by atoms with Crippen LogP contribution in [0.2, 0.25) is 0 Å². The average Bonchev–Trinajstić information content (AvgIpc) is 2.37. The van der Waals surface area contributed by atoms with Gasteiger partial charge in [0.1, 0.15) is 12.4 Å². The highest BCUT2D eigenvalue weighted by Gasteiger charge is 2.10. The van der Waals surface area contributed by atoms with E-state index >= 15 is 0 Å². The Morgan fingerprint density at radius 2 is 1.89 bits per heavy atom. The summed E-state index contributed by atoms with van der Waals surface area (Å²) in [4.78, 5) is 11.4. The summed E-state index contributed by atoms with van der Waals surface area (Å²) < 4.78 is 5.75. The Hall–Kier alpha value is -2.29. The minimum Gasteiger partial charge on any atom is -0.488 e. The molecule has 0 aromatic heterocycles. The fourth-order valence-electron chi connectivity index (χ4n) is 1.88. The van der Waals surface area contributed by atoms with Crippen molar-refractivity contribution in [3.8, 4) is 5.75 Å². The third kappa shape index (κ3) is 3.13. The average molecular weight is 255 g/mol. The predicted octanol–water partition coefficient (Wildman–Crippen LogP) is 2.98. The Morgan fingerprint density at radius 1 is 1.16 bits per heavy atom. The molecule has 2 aromatic rings. The zero-order valence-corrected chi connectivity index (χ0v) is 11.1. The molecule has 0 atom stereocenters. The van der Waals surface area contributed by atoms with E-state index in [4.69, 9.17) is 10.5 Å². The maximum absolute atomic E-state index is 11.4. The minimum absolute atomic E-state index is 0.416. The largest absolute Gasteiger partial charge is 0.488 e. The van der Waals surface area contributed by atoms with E-state index in [1.165, 1.54) is 0 Å². The van der Waals surface area contributed by atoms with Crippen molar-refractivity contribution in [3.63, 3.8) is 0 Å². The quantitative estimate of drug-likeness (QED) is 0.913. The molecule has 0 heterocycles. The van der Waals surface area contributed by atoms with Crippen LogP contribution < -0.4 is 10.5 Å². The number of ether oxygens (including phenoxy) is 1. The van der Waals surface area contributed by atoms with Crippen molar-refractivity contribution in [2.45, 2.75) is 20.5 Å². The molecule has 3 nitrogen and oxygen atoms in total. The van der Waals surface area contributed by atoms with Gasteiger partial charge in [-0.25, -0.2) is 0 Å². The molecule has 0 aliphatic rings. The zero-order valence-electron chi connectivity index (χ0n) is 11.1. The number of carbonyl (C=O) groups is 1. The lowest BCUT2D eigenvalue weighted by Gasteiger charge is -2.12. The van der Waals surface area contributed by atoms with Crippen LogP contribution in [-0.4, -0.2) is 5.91 Å². The number of nitrogens with two attached hydrogens (primary N) is 1. The van der Waals surface area contributed by atoms with Crippen molar-refractivity contribution in [3.05, 3.63) is 64.7 Å². The fourth-order valence-corrected chi connectivity index (χ4v) is 1.88. The van der Waals surface area contributed by atoms with E-state index in [1.54, 1.807) is 6.07 Å². The number of aryl methyl sites for hydroxylation is 2. The Balaban J connectivity index is 2.22. The molecule has 0 aliphatic heterocycles. The van der Waals surface area contributed by atoms with E-state index in [-0.39, 0.29) is 0 Å². The van der Waals surface area contributed by atoms with Crippen molar-refractivity contribution < 1.29 is 9.53 Å². The number of rotatable bonds is 4. The van der Waals surface area contributed by atoms with Crippen LogP contribution in [0.5, 0.6) is 5.75 Å². The Morgan fingerprint density at radius 3 is 2.58 bits per heavy atom. The van der Waals surface area contributed by atoms with Gasteiger partial charge in [0.2, 0.25) is 0 Å². The molecule has 0 saturated heterocycles. The molecule has 0 radical (unpaired) electrons. The number of primary amides is 1. The highest BCUT2D eigenvalue weighted by Crippen LogP contribution is 2.21. The molecule has 0 aliphatic carbocycles. The van der Waals surface area contributed by atoms with Gasteiger partial charge in [0, 0.05) is 0 Å². The summed E-state index contributed by atoms with van der Waals surface area (Å²) >= 11 is 0. The standard InChI is InChI=1S/C16H17NO2/c1-11-7-8-14(16(17)18)15(9-11)19-10-13-6-4-3-5-12(13)2/h3-9H,10H2,1-2H3,(H2,17,18). The van der Waals surface area contributed by atoms with Crippen LogP contribution in [-0.2, 0) is 6.61 Å². The first kappa shape index (κ1) is 13.1. The van der Waals surface area contributed by atoms with Crippen LogP contribution in [0, 0.1) is 13.8 Å². The third-order valence-corrected chi connectivity index (χ3v) is 3.05. The highest BCUT2D eigenvalue weighted by atomic mass is 16.5. The second-order valence-corrected chi connectivity index (χ2v) is 4.58. The highest BCUT2D eigenvalue weighted by molar-refractivity contribution is 5.95. The third-order valence-electron chi connectivity index (χ3n) is 3.05. The first-order valence-corrected chi connectivity index (χ1v) is 6.15. The van der Waals surface area contributed by atoms with E-state index < -0.39 is 5.91 Å². The molecule has 19 heavy (non-hydrogen) atoms. The second kappa shape index (κ2) is 5.57. The van der Waals surface area contributed by atoms with Crippen LogP contribution in [0.3, 0.4) is 0 Å². The maximum atomic E-state index is 11.4. The van der Waals surface area contributed by atoms with Crippen molar-refractivity contribution in [1.82, 2.24) is 0 Å². The van der Waals surface area contributed by atoms with Gasteiger partial charge in [-0.3, -0.25) is 4.79 Å². The molecule has 0 saturated carbocycles. The van der Waals surface area contributed by atoms with Gasteiger partial charge in [-0.1, -0.05) is 30.3 Å². The lowest BCUT2D eigenvalue weighted by molar-refractivity contribution is 0.0996. The van der Waals surface area contributed by atoms with Crippen molar-refractivity contribution >= 4 is 5.91 Å². The fraction of sp³-hybridized carbons (Fsp3) is 0.188. The molecule has 2 N–H and O–H groups in total. The lowest BCUT2D eigenvalue weighted by Crippen LogP contribution is -2.13. The lowest BCUT2D eigenvalue weighted by atomic mass is 10.1. The summed E-state index contributed by atoms with van der Waals surface area (Å²) in [6, 6.07) is 13.4. The molecule has 0 unspecified atom stereocenters. The molecule has 3 heteroatoms. The minimum atomic E-state index is -0.472. The normalized spacial score (nSPS) is 10.2. The van der Waals surface area contributed by atoms with E-state index in [9.17, 15) is 4.79 Å². The number of hydrogen-bond acceptors (Lipinski definition) is 2. The summed E-state index contributed by atoms with van der Waals surface area (Å²) in [7, 11) is 0. The van der Waals surface area contributed by atoms with Gasteiger partial charge in [0.15, 0.2) is 0 Å². The van der Waals surface area contributed by atoms with Crippen LogP contribution in [0.25, 0.3) is 0 Å². The van der Waals surface area contributed by atoms with Crippen LogP contribution in [0.4, 0.5) is 0 Å². The molecular formula is C16H17NO2. The number of hydrogen-bond donors (Lipinski definition) is 1. The first-order chi connectivity index (χ1) is 9.08. The predicted molar refractivity (Wildman–Crippen MR) is 75.2 cm³/mol. The molecular weight excluding hydrogens is 238 g/mol. The molecule has 98 valence electrons. The summed E-state index contributed by atoms with van der Waals surface area (Å²) in [5, 5.41) is 0. The smallest absolute Gasteiger partial charge is 0.252 e. The molecule has 1 amide bonds. The van der Waals surface area contributed by atoms with Crippen molar-refractivity contribution in [1.29, 1.82) is 0 Å². The van der Waals surface area contributed by atoms with Gasteiger partial charge in [-0.05, 0) is 42.7 Å². The van der Waals surface area contributed by atoms with Gasteiger partial charge in [-0.2, -0.15) is 0 Å². The van der Waals surface area contributed by atoms with Gasteiger partial charge in [0.05, 0.1) is 5.56 Å².